The number of hydrogen-bond donors (Lipinski definition) is 0. The van der Waals surface area contributed by atoms with Gasteiger partial charge in [-0.25, -0.2) is 9.78 Å². The van der Waals surface area contributed by atoms with Gasteiger partial charge in [0.25, 0.3) is 0 Å². The second kappa shape index (κ2) is 2.58. The van der Waals surface area contributed by atoms with Crippen LogP contribution in [0.1, 0.15) is 0 Å². The van der Waals surface area contributed by atoms with Crippen LogP contribution in [0.5, 0.6) is 0 Å². The van der Waals surface area contributed by atoms with Crippen LogP contribution < -0.4 is 0 Å². The third-order valence-corrected chi connectivity index (χ3v) is 0.333. The third kappa shape index (κ3) is 1.27. The molecule has 2 nitrogen and oxygen atoms in total. The highest BCUT2D eigenvalue weighted by Crippen LogP contribution is 1.87. The van der Waals surface area contributed by atoms with Gasteiger partial charge in [0.1, 0.15) is 13.2 Å². The van der Waals surface area contributed by atoms with E-state index in [1.807, 2.05) is 0 Å². The Morgan fingerprint density at radius 3 is 1.20 bits per heavy atom. The summed E-state index contributed by atoms with van der Waals surface area (Å²) in [6.45, 7) is 1.56. The van der Waals surface area contributed by atoms with Crippen LogP contribution in [0.4, 0.5) is 0 Å². The van der Waals surface area contributed by atoms with Gasteiger partial charge < -0.3 is 0 Å². The number of rotatable bonds is 0. The summed E-state index contributed by atoms with van der Waals surface area (Å²) in [6.07, 6.45) is 0. The molecule has 0 spiro atoms. The molecule has 1 rings (SSSR count). The second-order valence-electron chi connectivity index (χ2n) is 0.644. The van der Waals surface area contributed by atoms with Crippen molar-refractivity contribution in [1.29, 1.82) is 0 Å². The van der Waals surface area contributed by atoms with Crippen molar-refractivity contribution in [2.75, 3.05) is 13.2 Å². The lowest BCUT2D eigenvalue weighted by Crippen LogP contribution is -2.14. The van der Waals surface area contributed by atoms with Gasteiger partial charge in [0.15, 0.2) is 0 Å². The monoisotopic (exact) mass is 94.0 g/mol. The van der Waals surface area contributed by atoms with Gasteiger partial charge in [-0.3, -0.25) is 0 Å². The molecular weight excluding hydrogens is 87.0 g/mol. The van der Waals surface area contributed by atoms with Gasteiger partial charge in [0, 0.05) is 0 Å². The Hall–Kier alpha value is 0.350. The van der Waals surface area contributed by atoms with Gasteiger partial charge in [0.05, 0.1) is 0 Å². The van der Waals surface area contributed by atoms with Crippen molar-refractivity contribution in [2.45, 2.75) is 0 Å². The minimum Gasteiger partial charge on any atom is -0.234 e. The highest BCUT2D eigenvalue weighted by molar-refractivity contribution is 6.92. The predicted molar refractivity (Wildman–Crippen MR) is 23.0 cm³/mol. The van der Waals surface area contributed by atoms with Crippen molar-refractivity contribution >= 4 is 9.90 Å². The molecule has 1 saturated heterocycles. The molecule has 0 saturated carbocycles. The first kappa shape index (κ1) is 5.35. The van der Waals surface area contributed by atoms with Crippen LogP contribution in [0.2, 0.25) is 0 Å². The molecule has 0 N–H and O–H groups in total. The Labute approximate surface area is 34.0 Å². The van der Waals surface area contributed by atoms with E-state index in [2.05, 4.69) is 9.78 Å². The second-order valence-corrected chi connectivity index (χ2v) is 0.644. The highest BCUT2D eigenvalue weighted by atomic mass is 31.0. The van der Waals surface area contributed by atoms with E-state index >= 15 is 0 Å². The zero-order valence-electron chi connectivity index (χ0n) is 2.94. The Morgan fingerprint density at radius 2 is 1.20 bits per heavy atom. The van der Waals surface area contributed by atoms with E-state index in [0.29, 0.717) is 0 Å². The maximum absolute atomic E-state index is 4.22. The van der Waals surface area contributed by atoms with E-state index in [1.54, 1.807) is 0 Å². The molecule has 0 radical (unpaired) electrons. The molecule has 1 unspecified atom stereocenters. The van der Waals surface area contributed by atoms with Gasteiger partial charge >= 0.3 is 0 Å². The van der Waals surface area contributed by atoms with E-state index in [0.717, 1.165) is 13.2 Å². The first-order chi connectivity index (χ1) is 2.00. The zero-order chi connectivity index (χ0) is 2.83. The Morgan fingerprint density at radius 1 is 1.00 bits per heavy atom. The topological polar surface area (TPSA) is 18.5 Å². The SMILES string of the molecule is C1COO1.P. The first-order valence-electron chi connectivity index (χ1n) is 1.24. The summed E-state index contributed by atoms with van der Waals surface area (Å²) in [5.74, 6) is 0. The highest BCUT2D eigenvalue weighted by Gasteiger charge is 1.95. The van der Waals surface area contributed by atoms with Crippen molar-refractivity contribution in [1.82, 2.24) is 0 Å². The fourth-order valence-corrected chi connectivity index (χ4v) is 0.0833. The van der Waals surface area contributed by atoms with Crippen molar-refractivity contribution < 1.29 is 9.78 Å². The summed E-state index contributed by atoms with van der Waals surface area (Å²) < 4.78 is 0. The fraction of sp³-hybridized carbons (Fsp3) is 1.00. The average Bonchev–Trinajstić information content (AvgIpc) is 0.722. The normalized spacial score (nSPS) is 19.2. The molecule has 5 heavy (non-hydrogen) atoms. The van der Waals surface area contributed by atoms with Crippen LogP contribution in [-0.2, 0) is 9.78 Å². The van der Waals surface area contributed by atoms with Gasteiger partial charge in [-0.1, -0.05) is 0 Å². The number of hydrogen-bond acceptors (Lipinski definition) is 2. The van der Waals surface area contributed by atoms with Gasteiger partial charge in [-0.15, -0.1) is 0 Å². The summed E-state index contributed by atoms with van der Waals surface area (Å²) in [5.41, 5.74) is 0. The molecule has 0 bridgehead atoms. The van der Waals surface area contributed by atoms with E-state index in [9.17, 15) is 0 Å². The molecule has 3 heteroatoms. The minimum absolute atomic E-state index is 0. The van der Waals surface area contributed by atoms with E-state index in [-0.39, 0.29) is 9.90 Å². The molecule has 0 aromatic carbocycles. The first-order valence-corrected chi connectivity index (χ1v) is 1.24. The Kier molecular flexibility index (Phi) is 2.76. The quantitative estimate of drug-likeness (QED) is 0.311. The van der Waals surface area contributed by atoms with Gasteiger partial charge in [0.2, 0.25) is 0 Å². The molecule has 0 aliphatic carbocycles. The summed E-state index contributed by atoms with van der Waals surface area (Å²) in [6, 6.07) is 0. The lowest BCUT2D eigenvalue weighted by molar-refractivity contribution is -0.382. The van der Waals surface area contributed by atoms with E-state index < -0.39 is 0 Å². The van der Waals surface area contributed by atoms with Crippen molar-refractivity contribution in [3.8, 4) is 0 Å². The Bertz CT molecular complexity index is 15.6. The maximum atomic E-state index is 4.22. The fourth-order valence-electron chi connectivity index (χ4n) is 0.0833. The Balaban J connectivity index is 0.000000160. The van der Waals surface area contributed by atoms with Crippen LogP contribution in [0.3, 0.4) is 0 Å². The minimum atomic E-state index is 0. The largest absolute Gasteiger partial charge is 0.234 e. The van der Waals surface area contributed by atoms with E-state index in [4.69, 9.17) is 0 Å². The van der Waals surface area contributed by atoms with Crippen molar-refractivity contribution in [3.63, 3.8) is 0 Å². The van der Waals surface area contributed by atoms with Crippen molar-refractivity contribution in [2.24, 2.45) is 0 Å². The van der Waals surface area contributed by atoms with Crippen molar-refractivity contribution in [3.05, 3.63) is 0 Å². The molecule has 1 aliphatic rings. The van der Waals surface area contributed by atoms with Crippen LogP contribution in [-0.4, -0.2) is 13.2 Å². The van der Waals surface area contributed by atoms with Crippen LogP contribution in [0.25, 0.3) is 0 Å². The molecular formula is C2H7O2P. The molecule has 0 aromatic rings. The maximum Gasteiger partial charge on any atom is 0.109 e. The molecule has 1 fully saturated rings. The van der Waals surface area contributed by atoms with Crippen LogP contribution in [0.15, 0.2) is 0 Å². The lowest BCUT2D eigenvalue weighted by atomic mass is 10.8. The van der Waals surface area contributed by atoms with Crippen LogP contribution in [0, 0.1) is 0 Å². The van der Waals surface area contributed by atoms with Gasteiger partial charge in [-0.05, 0) is 0 Å². The zero-order valence-corrected chi connectivity index (χ0v) is 4.35. The molecule has 0 aromatic heterocycles. The summed E-state index contributed by atoms with van der Waals surface area (Å²) in [4.78, 5) is 8.44. The predicted octanol–water partition coefficient (Wildman–Crippen LogP) is 0.00630. The standard InChI is InChI=1S/C2H4O2.H3P/c1-2-4-3-1;/h1-2H2;1H3. The average molecular weight is 94.0 g/mol. The third-order valence-electron chi connectivity index (χ3n) is 0.333. The molecule has 1 atom stereocenters. The molecule has 0 amide bonds. The van der Waals surface area contributed by atoms with E-state index in [1.165, 1.54) is 0 Å². The van der Waals surface area contributed by atoms with Gasteiger partial charge in [-0.2, -0.15) is 9.90 Å². The smallest absolute Gasteiger partial charge is 0.109 e. The molecule has 32 valence electrons. The van der Waals surface area contributed by atoms with Crippen LogP contribution >= 0.6 is 9.90 Å². The summed E-state index contributed by atoms with van der Waals surface area (Å²) in [5, 5.41) is 0. The lowest BCUT2D eigenvalue weighted by Gasteiger charge is -2.08. The summed E-state index contributed by atoms with van der Waals surface area (Å²) in [7, 11) is 0. The molecule has 1 aliphatic heterocycles. The molecule has 1 heterocycles. The summed E-state index contributed by atoms with van der Waals surface area (Å²) >= 11 is 0.